The Bertz CT molecular complexity index is 1220. The first-order valence-corrected chi connectivity index (χ1v) is 12.0. The smallest absolute Gasteiger partial charge is 0.337 e. The van der Waals surface area contributed by atoms with Gasteiger partial charge in [-0.15, -0.1) is 0 Å². The van der Waals surface area contributed by atoms with Crippen LogP contribution in [0.4, 0.5) is 11.4 Å². The van der Waals surface area contributed by atoms with E-state index in [1.165, 1.54) is 7.11 Å². The lowest BCUT2D eigenvalue weighted by Gasteiger charge is -2.36. The second-order valence-corrected chi connectivity index (χ2v) is 8.88. The number of carbonyl (C=O) groups excluding carboxylic acids is 2. The maximum atomic E-state index is 13.5. The van der Waals surface area contributed by atoms with Crippen molar-refractivity contribution < 1.29 is 19.1 Å². The Labute approximate surface area is 207 Å². The lowest BCUT2D eigenvalue weighted by molar-refractivity contribution is 0.0600. The predicted molar refractivity (Wildman–Crippen MR) is 138 cm³/mol. The zero-order valence-electron chi connectivity index (χ0n) is 19.6. The standard InChI is InChI=1S/C26H28BrN3O4/c1-4-29-11-13-30(14-12-29)22-10-9-18(26(32)34-3)16-21(22)28-25(31)20-15-17-7-5-6-8-19(17)23(27)24(20)33-2/h5-10,15-16H,4,11-14H2,1-3H3,(H,28,31). The third-order valence-corrected chi connectivity index (χ3v) is 7.00. The molecule has 1 fully saturated rings. The summed E-state index contributed by atoms with van der Waals surface area (Å²) in [5.41, 5.74) is 2.21. The molecule has 0 unspecified atom stereocenters. The molecule has 0 aromatic heterocycles. The Balaban J connectivity index is 1.72. The molecule has 1 heterocycles. The predicted octanol–water partition coefficient (Wildman–Crippen LogP) is 4.79. The summed E-state index contributed by atoms with van der Waals surface area (Å²) in [4.78, 5) is 30.3. The maximum absolute atomic E-state index is 13.5. The summed E-state index contributed by atoms with van der Waals surface area (Å²) < 4.78 is 11.2. The number of carbonyl (C=O) groups is 2. The van der Waals surface area contributed by atoms with Crippen molar-refractivity contribution in [3.8, 4) is 5.75 Å². The molecule has 3 aromatic rings. The van der Waals surface area contributed by atoms with E-state index in [4.69, 9.17) is 9.47 Å². The van der Waals surface area contributed by atoms with Crippen LogP contribution in [-0.4, -0.2) is 63.7 Å². The molecule has 0 saturated carbocycles. The quantitative estimate of drug-likeness (QED) is 0.466. The molecule has 0 atom stereocenters. The van der Waals surface area contributed by atoms with Crippen LogP contribution in [0.2, 0.25) is 0 Å². The van der Waals surface area contributed by atoms with Crippen molar-refractivity contribution in [3.05, 3.63) is 64.1 Å². The second kappa shape index (κ2) is 10.4. The molecule has 8 heteroatoms. The van der Waals surface area contributed by atoms with Crippen LogP contribution in [0.25, 0.3) is 10.8 Å². The van der Waals surface area contributed by atoms with Crippen LogP contribution >= 0.6 is 15.9 Å². The lowest BCUT2D eigenvalue weighted by atomic mass is 10.0. The average molecular weight is 526 g/mol. The third-order valence-electron chi connectivity index (χ3n) is 6.22. The van der Waals surface area contributed by atoms with Gasteiger partial charge in [-0.05, 0) is 57.5 Å². The normalized spacial score (nSPS) is 14.2. The Morgan fingerprint density at radius 2 is 1.76 bits per heavy atom. The van der Waals surface area contributed by atoms with Crippen molar-refractivity contribution in [2.75, 3.05) is 57.2 Å². The van der Waals surface area contributed by atoms with E-state index in [-0.39, 0.29) is 5.91 Å². The number of amides is 1. The Hall–Kier alpha value is -3.10. The Morgan fingerprint density at radius 3 is 2.44 bits per heavy atom. The van der Waals surface area contributed by atoms with Crippen LogP contribution in [0, 0.1) is 0 Å². The van der Waals surface area contributed by atoms with E-state index in [0.717, 1.165) is 53.7 Å². The highest BCUT2D eigenvalue weighted by Gasteiger charge is 2.23. The van der Waals surface area contributed by atoms with Crippen molar-refractivity contribution in [1.82, 2.24) is 4.90 Å². The SMILES string of the molecule is CCN1CCN(c2ccc(C(=O)OC)cc2NC(=O)c2cc3ccccc3c(Br)c2OC)CC1. The van der Waals surface area contributed by atoms with Gasteiger partial charge in [0.2, 0.25) is 0 Å². The van der Waals surface area contributed by atoms with Gasteiger partial charge in [0.15, 0.2) is 0 Å². The molecule has 1 aliphatic rings. The largest absolute Gasteiger partial charge is 0.495 e. The minimum absolute atomic E-state index is 0.321. The van der Waals surface area contributed by atoms with Gasteiger partial charge in [0.1, 0.15) is 5.75 Å². The fourth-order valence-electron chi connectivity index (χ4n) is 4.30. The van der Waals surface area contributed by atoms with Gasteiger partial charge < -0.3 is 24.6 Å². The maximum Gasteiger partial charge on any atom is 0.337 e. The van der Waals surface area contributed by atoms with Crippen molar-refractivity contribution >= 4 is 50.0 Å². The number of rotatable bonds is 6. The van der Waals surface area contributed by atoms with Crippen molar-refractivity contribution in [2.45, 2.75) is 6.92 Å². The molecule has 1 saturated heterocycles. The minimum Gasteiger partial charge on any atom is -0.495 e. The summed E-state index contributed by atoms with van der Waals surface area (Å²) in [6.07, 6.45) is 0. The van der Waals surface area contributed by atoms with Crippen LogP contribution in [0.3, 0.4) is 0 Å². The molecule has 0 aliphatic carbocycles. The molecule has 1 amide bonds. The molecule has 0 bridgehead atoms. The van der Waals surface area contributed by atoms with E-state index >= 15 is 0 Å². The first-order chi connectivity index (χ1) is 16.5. The van der Waals surface area contributed by atoms with Crippen molar-refractivity contribution in [3.63, 3.8) is 0 Å². The molecule has 4 rings (SSSR count). The van der Waals surface area contributed by atoms with Gasteiger partial charge in [-0.2, -0.15) is 0 Å². The number of nitrogens with one attached hydrogen (secondary N) is 1. The fraction of sp³-hybridized carbons (Fsp3) is 0.308. The average Bonchev–Trinajstić information content (AvgIpc) is 2.88. The molecule has 178 valence electrons. The van der Waals surface area contributed by atoms with E-state index < -0.39 is 5.97 Å². The van der Waals surface area contributed by atoms with Crippen LogP contribution in [0.1, 0.15) is 27.6 Å². The summed E-state index contributed by atoms with van der Waals surface area (Å²) in [6.45, 7) is 6.71. The number of methoxy groups -OCH3 is 2. The number of halogens is 1. The highest BCUT2D eigenvalue weighted by molar-refractivity contribution is 9.10. The van der Waals surface area contributed by atoms with Crippen molar-refractivity contribution in [2.24, 2.45) is 0 Å². The highest BCUT2D eigenvalue weighted by Crippen LogP contribution is 2.37. The number of nitrogens with zero attached hydrogens (tertiary/aromatic N) is 2. The van der Waals surface area contributed by atoms with Gasteiger partial charge >= 0.3 is 5.97 Å². The summed E-state index contributed by atoms with van der Waals surface area (Å²) in [6, 6.07) is 14.9. The number of fused-ring (bicyclic) bond motifs is 1. The minimum atomic E-state index is -0.455. The number of piperazine rings is 1. The Morgan fingerprint density at radius 1 is 1.03 bits per heavy atom. The van der Waals surface area contributed by atoms with Crippen LogP contribution < -0.4 is 15.0 Å². The van der Waals surface area contributed by atoms with Crippen LogP contribution in [0.15, 0.2) is 53.0 Å². The summed E-state index contributed by atoms with van der Waals surface area (Å²) >= 11 is 3.60. The molecule has 0 spiro atoms. The van der Waals surface area contributed by atoms with E-state index in [9.17, 15) is 9.59 Å². The summed E-state index contributed by atoms with van der Waals surface area (Å²) in [5.74, 6) is -0.318. The molecule has 1 aliphatic heterocycles. The lowest BCUT2D eigenvalue weighted by Crippen LogP contribution is -2.46. The molecular weight excluding hydrogens is 498 g/mol. The third kappa shape index (κ3) is 4.74. The Kier molecular flexibility index (Phi) is 7.38. The summed E-state index contributed by atoms with van der Waals surface area (Å²) in [7, 11) is 2.89. The van der Waals surface area contributed by atoms with E-state index in [1.807, 2.05) is 36.4 Å². The summed E-state index contributed by atoms with van der Waals surface area (Å²) in [5, 5.41) is 4.91. The van der Waals surface area contributed by atoms with E-state index in [1.54, 1.807) is 19.2 Å². The topological polar surface area (TPSA) is 71.1 Å². The zero-order valence-corrected chi connectivity index (χ0v) is 21.1. The van der Waals surface area contributed by atoms with Gasteiger partial charge in [0, 0.05) is 26.2 Å². The molecule has 0 radical (unpaired) electrons. The highest BCUT2D eigenvalue weighted by atomic mass is 79.9. The van der Waals surface area contributed by atoms with Crippen LogP contribution in [-0.2, 0) is 4.74 Å². The van der Waals surface area contributed by atoms with Crippen LogP contribution in [0.5, 0.6) is 5.75 Å². The van der Waals surface area contributed by atoms with Gasteiger partial charge in [0.25, 0.3) is 5.91 Å². The number of ether oxygens (including phenoxy) is 2. The number of likely N-dealkylation sites (N-methyl/N-ethyl adjacent to an activating group) is 1. The zero-order chi connectivity index (χ0) is 24.2. The van der Waals surface area contributed by atoms with Gasteiger partial charge in [-0.3, -0.25) is 4.79 Å². The van der Waals surface area contributed by atoms with Gasteiger partial charge in [-0.25, -0.2) is 4.79 Å². The monoisotopic (exact) mass is 525 g/mol. The number of esters is 1. The number of hydrogen-bond donors (Lipinski definition) is 1. The molecule has 3 aromatic carbocycles. The van der Waals surface area contributed by atoms with Gasteiger partial charge in [0.05, 0.1) is 41.2 Å². The molecular formula is C26H28BrN3O4. The fourth-order valence-corrected chi connectivity index (χ4v) is 5.04. The first kappa shape index (κ1) is 24.0. The van der Waals surface area contributed by atoms with Gasteiger partial charge in [-0.1, -0.05) is 31.2 Å². The first-order valence-electron chi connectivity index (χ1n) is 11.2. The number of benzene rings is 3. The van der Waals surface area contributed by atoms with E-state index in [2.05, 4.69) is 38.0 Å². The molecule has 7 nitrogen and oxygen atoms in total. The second-order valence-electron chi connectivity index (χ2n) is 8.09. The molecule has 1 N–H and O–H groups in total. The van der Waals surface area contributed by atoms with E-state index in [0.29, 0.717) is 22.6 Å². The van der Waals surface area contributed by atoms with Crippen molar-refractivity contribution in [1.29, 1.82) is 0 Å². The number of hydrogen-bond acceptors (Lipinski definition) is 6. The number of anilines is 2. The molecule has 34 heavy (non-hydrogen) atoms.